The number of esters is 2. The SMILES string of the molecule is CCCCCCCC/C=C/C/C=C/CCCCC(=O)OC[C@H](CO[C@@H]1O[C@H](CO[C@@H]2O[C@H](CO)[C@H](O)C(O)C2O)[C@H](O)C(O)C1O)OC(=O)CCCC/C=C/C/C=C/CCCCCCCC. The third-order valence-corrected chi connectivity index (χ3v) is 11.8. The van der Waals surface area contributed by atoms with Crippen LogP contribution in [0.5, 0.6) is 0 Å². The summed E-state index contributed by atoms with van der Waals surface area (Å²) in [6.45, 7) is 2.49. The van der Waals surface area contributed by atoms with Crippen molar-refractivity contribution in [1.82, 2.24) is 0 Å². The lowest BCUT2D eigenvalue weighted by Gasteiger charge is -2.42. The zero-order valence-corrected chi connectivity index (χ0v) is 40.2. The van der Waals surface area contributed by atoms with Gasteiger partial charge in [-0.25, -0.2) is 0 Å². The van der Waals surface area contributed by atoms with Crippen molar-refractivity contribution < 1.29 is 73.8 Å². The molecule has 0 aliphatic carbocycles. The van der Waals surface area contributed by atoms with Crippen LogP contribution < -0.4 is 0 Å². The minimum absolute atomic E-state index is 0.115. The van der Waals surface area contributed by atoms with Crippen molar-refractivity contribution in [2.45, 2.75) is 235 Å². The first-order valence-corrected chi connectivity index (χ1v) is 25.2. The second-order valence-corrected chi connectivity index (χ2v) is 17.6. The number of carbonyl (C=O) groups is 2. The summed E-state index contributed by atoms with van der Waals surface area (Å²) < 4.78 is 33.5. The number of unbranched alkanes of at least 4 members (excludes halogenated alkanes) is 16. The molecule has 0 aromatic rings. The van der Waals surface area contributed by atoms with Gasteiger partial charge in [0, 0.05) is 12.8 Å². The third-order valence-electron chi connectivity index (χ3n) is 11.8. The molecule has 382 valence electrons. The summed E-state index contributed by atoms with van der Waals surface area (Å²) >= 11 is 0. The molecule has 0 spiro atoms. The van der Waals surface area contributed by atoms with Gasteiger partial charge in [0.2, 0.25) is 0 Å². The number of hydrogen-bond donors (Lipinski definition) is 7. The maximum atomic E-state index is 13.0. The molecule has 15 nitrogen and oxygen atoms in total. The van der Waals surface area contributed by atoms with E-state index in [1.54, 1.807) is 0 Å². The van der Waals surface area contributed by atoms with Crippen LogP contribution in [-0.4, -0.2) is 142 Å². The van der Waals surface area contributed by atoms with Gasteiger partial charge in [-0.3, -0.25) is 9.59 Å². The summed E-state index contributed by atoms with van der Waals surface area (Å²) in [5.74, 6) is -1.00. The summed E-state index contributed by atoms with van der Waals surface area (Å²) in [5.41, 5.74) is 0. The van der Waals surface area contributed by atoms with Crippen LogP contribution in [0.4, 0.5) is 0 Å². The van der Waals surface area contributed by atoms with Crippen molar-refractivity contribution in [2.75, 3.05) is 26.4 Å². The lowest BCUT2D eigenvalue weighted by Crippen LogP contribution is -2.61. The molecule has 11 atom stereocenters. The number of aliphatic hydroxyl groups excluding tert-OH is 7. The maximum Gasteiger partial charge on any atom is 0.306 e. The van der Waals surface area contributed by atoms with Crippen molar-refractivity contribution in [3.05, 3.63) is 48.6 Å². The molecule has 0 aromatic carbocycles. The van der Waals surface area contributed by atoms with Gasteiger partial charge in [0.25, 0.3) is 0 Å². The second kappa shape index (κ2) is 38.3. The maximum absolute atomic E-state index is 13.0. The Bertz CT molecular complexity index is 1340. The number of ether oxygens (including phenoxy) is 6. The average Bonchev–Trinajstić information content (AvgIpc) is 3.31. The summed E-state index contributed by atoms with van der Waals surface area (Å²) in [7, 11) is 0. The molecule has 2 fully saturated rings. The topological polar surface area (TPSA) is 231 Å². The van der Waals surface area contributed by atoms with E-state index in [0.29, 0.717) is 12.8 Å². The Labute approximate surface area is 395 Å². The van der Waals surface area contributed by atoms with Crippen LogP contribution in [0.25, 0.3) is 0 Å². The molecule has 15 heteroatoms. The van der Waals surface area contributed by atoms with Crippen molar-refractivity contribution in [1.29, 1.82) is 0 Å². The van der Waals surface area contributed by atoms with E-state index in [-0.39, 0.29) is 19.4 Å². The van der Waals surface area contributed by atoms with Crippen molar-refractivity contribution in [2.24, 2.45) is 0 Å². The third kappa shape index (κ3) is 26.3. The van der Waals surface area contributed by atoms with E-state index in [0.717, 1.165) is 51.4 Å². The fraction of sp³-hybridized carbons (Fsp3) is 0.804. The molecule has 2 rings (SSSR count). The Hall–Kier alpha value is -2.54. The Morgan fingerprint density at radius 2 is 0.909 bits per heavy atom. The minimum atomic E-state index is -1.78. The van der Waals surface area contributed by atoms with Gasteiger partial charge in [-0.2, -0.15) is 0 Å². The Balaban J connectivity index is 1.86. The molecule has 7 N–H and O–H groups in total. The average molecular weight is 941 g/mol. The Morgan fingerprint density at radius 3 is 1.41 bits per heavy atom. The van der Waals surface area contributed by atoms with Crippen LogP contribution >= 0.6 is 0 Å². The van der Waals surface area contributed by atoms with Crippen molar-refractivity contribution in [3.8, 4) is 0 Å². The number of rotatable bonds is 38. The van der Waals surface area contributed by atoms with Gasteiger partial charge in [-0.15, -0.1) is 0 Å². The van der Waals surface area contributed by atoms with Gasteiger partial charge in [0.15, 0.2) is 18.7 Å². The van der Waals surface area contributed by atoms with Gasteiger partial charge >= 0.3 is 11.9 Å². The van der Waals surface area contributed by atoms with Gasteiger partial charge in [0.1, 0.15) is 55.4 Å². The predicted octanol–water partition coefficient (Wildman–Crippen LogP) is 6.71. The van der Waals surface area contributed by atoms with Crippen LogP contribution in [0.2, 0.25) is 0 Å². The molecular formula is C51H88O15. The van der Waals surface area contributed by atoms with E-state index in [1.807, 2.05) is 0 Å². The minimum Gasteiger partial charge on any atom is -0.462 e. The molecule has 0 bridgehead atoms. The molecule has 2 aliphatic heterocycles. The molecule has 2 heterocycles. The number of hydrogen-bond acceptors (Lipinski definition) is 15. The first kappa shape index (κ1) is 59.6. The Kier molecular flexibility index (Phi) is 34.6. The van der Waals surface area contributed by atoms with E-state index in [9.17, 15) is 45.3 Å². The molecule has 2 saturated heterocycles. The molecule has 0 amide bonds. The summed E-state index contributed by atoms with van der Waals surface area (Å²) in [4.78, 5) is 25.7. The highest BCUT2D eigenvalue weighted by Crippen LogP contribution is 2.26. The molecule has 0 saturated carbocycles. The van der Waals surface area contributed by atoms with Crippen molar-refractivity contribution >= 4 is 11.9 Å². The second-order valence-electron chi connectivity index (χ2n) is 17.6. The lowest BCUT2D eigenvalue weighted by atomic mass is 9.98. The van der Waals surface area contributed by atoms with Gasteiger partial charge in [0.05, 0.1) is 19.8 Å². The summed E-state index contributed by atoms with van der Waals surface area (Å²) in [5, 5.41) is 72.0. The van der Waals surface area contributed by atoms with Gasteiger partial charge < -0.3 is 64.2 Å². The molecule has 0 aromatic heterocycles. The fourth-order valence-electron chi connectivity index (χ4n) is 7.57. The van der Waals surface area contributed by atoms with Gasteiger partial charge in [-0.1, -0.05) is 127 Å². The van der Waals surface area contributed by atoms with Crippen molar-refractivity contribution in [3.63, 3.8) is 0 Å². The smallest absolute Gasteiger partial charge is 0.306 e. The predicted molar refractivity (Wildman–Crippen MR) is 252 cm³/mol. The molecule has 4 unspecified atom stereocenters. The lowest BCUT2D eigenvalue weighted by molar-refractivity contribution is -0.332. The molecular weight excluding hydrogens is 853 g/mol. The van der Waals surface area contributed by atoms with E-state index >= 15 is 0 Å². The zero-order chi connectivity index (χ0) is 48.2. The Morgan fingerprint density at radius 1 is 0.485 bits per heavy atom. The van der Waals surface area contributed by atoms with Crippen LogP contribution in [0, 0.1) is 0 Å². The van der Waals surface area contributed by atoms with E-state index in [4.69, 9.17) is 28.4 Å². The first-order chi connectivity index (χ1) is 32.0. The van der Waals surface area contributed by atoms with Crippen LogP contribution in [0.15, 0.2) is 48.6 Å². The van der Waals surface area contributed by atoms with E-state index < -0.39 is 99.3 Å². The van der Waals surface area contributed by atoms with E-state index in [1.165, 1.54) is 77.0 Å². The standard InChI is InChI=1S/C51H88O15/c1-3-5-7-9-11-13-15-17-19-21-23-25-27-29-31-33-42(53)61-36-39(64-43(54)34-32-30-28-26-24-22-20-18-16-14-12-10-8-6-4-2)37-62-50-49(60)47(58)45(56)41(66-50)38-63-51-48(59)46(57)44(55)40(35-52)65-51/h17-20,23-26,39-41,44-52,55-60H,3-16,21-22,27-38H2,1-2H3/b19-17+,20-18+,25-23+,26-24+/t39-,40-,41-,44+,45+,46?,47?,48?,49?,50-,51-/m1/s1. The normalized spacial score (nSPS) is 26.6. The molecule has 0 radical (unpaired) electrons. The highest BCUT2D eigenvalue weighted by atomic mass is 16.7. The quantitative estimate of drug-likeness (QED) is 0.0194. The largest absolute Gasteiger partial charge is 0.462 e. The number of aliphatic hydroxyl groups is 7. The highest BCUT2D eigenvalue weighted by Gasteiger charge is 2.47. The monoisotopic (exact) mass is 941 g/mol. The first-order valence-electron chi connectivity index (χ1n) is 25.2. The zero-order valence-electron chi connectivity index (χ0n) is 40.2. The van der Waals surface area contributed by atoms with Crippen LogP contribution in [0.3, 0.4) is 0 Å². The fourth-order valence-corrected chi connectivity index (χ4v) is 7.57. The summed E-state index contributed by atoms with van der Waals surface area (Å²) in [6, 6.07) is 0. The van der Waals surface area contributed by atoms with Crippen LogP contribution in [0.1, 0.15) is 168 Å². The number of allylic oxidation sites excluding steroid dienone is 8. The number of carbonyl (C=O) groups excluding carboxylic acids is 2. The molecule has 2 aliphatic rings. The molecule has 66 heavy (non-hydrogen) atoms. The van der Waals surface area contributed by atoms with Gasteiger partial charge in [-0.05, 0) is 77.0 Å². The van der Waals surface area contributed by atoms with Crippen LogP contribution in [-0.2, 0) is 38.0 Å². The van der Waals surface area contributed by atoms with E-state index in [2.05, 4.69) is 62.5 Å². The summed E-state index contributed by atoms with van der Waals surface area (Å²) in [6.07, 6.45) is 24.4. The highest BCUT2D eigenvalue weighted by molar-refractivity contribution is 5.70.